The monoisotopic (exact) mass is 447 g/mol. The fourth-order valence-corrected chi connectivity index (χ4v) is 4.72. The lowest BCUT2D eigenvalue weighted by atomic mass is 10.1. The van der Waals surface area contributed by atoms with Crippen molar-refractivity contribution in [3.05, 3.63) is 64.9 Å². The third-order valence-electron chi connectivity index (χ3n) is 5.20. The highest BCUT2D eigenvalue weighted by Gasteiger charge is 2.29. The molecule has 2 aromatic heterocycles. The summed E-state index contributed by atoms with van der Waals surface area (Å²) >= 11 is 1.38. The Labute approximate surface area is 186 Å². The van der Waals surface area contributed by atoms with Gasteiger partial charge in [-0.2, -0.15) is 0 Å². The minimum Gasteiger partial charge on any atom is -0.465 e. The van der Waals surface area contributed by atoms with Crippen LogP contribution in [0.25, 0.3) is 20.8 Å². The van der Waals surface area contributed by atoms with Crippen LogP contribution in [0, 0.1) is 6.92 Å². The molecule has 0 unspecified atom stereocenters. The van der Waals surface area contributed by atoms with E-state index in [0.29, 0.717) is 27.6 Å². The first kappa shape index (κ1) is 20.0. The normalized spacial score (nSPS) is 12.5. The third-order valence-corrected chi connectivity index (χ3v) is 6.26. The first-order valence-corrected chi connectivity index (χ1v) is 10.6. The van der Waals surface area contributed by atoms with Gasteiger partial charge < -0.3 is 14.5 Å². The Bertz CT molecular complexity index is 1390. The second-order valence-corrected chi connectivity index (χ2v) is 8.30. The minimum absolute atomic E-state index is 0.111. The molecule has 4 aromatic rings. The van der Waals surface area contributed by atoms with E-state index in [2.05, 4.69) is 15.6 Å². The number of fused-ring (bicyclic) bond motifs is 2. The summed E-state index contributed by atoms with van der Waals surface area (Å²) in [5, 5.41) is 6.03. The second-order valence-electron chi connectivity index (χ2n) is 7.27. The number of hydrogen-bond acceptors (Lipinski definition) is 7. The van der Waals surface area contributed by atoms with Crippen molar-refractivity contribution < 1.29 is 23.5 Å². The maximum atomic E-state index is 13.0. The molecule has 2 aromatic carbocycles. The average molecular weight is 447 g/mol. The highest BCUT2D eigenvalue weighted by molar-refractivity contribution is 7.21. The van der Waals surface area contributed by atoms with Crippen LogP contribution >= 0.6 is 11.3 Å². The molecule has 0 atom stereocenters. The molecule has 0 fully saturated rings. The van der Waals surface area contributed by atoms with E-state index in [9.17, 15) is 14.4 Å². The van der Waals surface area contributed by atoms with Gasteiger partial charge in [0, 0.05) is 11.3 Å². The lowest BCUT2D eigenvalue weighted by molar-refractivity contribution is -0.115. The maximum Gasteiger partial charge on any atom is 0.342 e. The van der Waals surface area contributed by atoms with Crippen molar-refractivity contribution in [2.24, 2.45) is 0 Å². The number of nitrogens with zero attached hydrogens (tertiary/aromatic N) is 1. The van der Waals surface area contributed by atoms with E-state index in [1.807, 2.05) is 24.3 Å². The number of aromatic nitrogens is 1. The molecule has 0 radical (unpaired) electrons. The fourth-order valence-electron chi connectivity index (χ4n) is 3.71. The zero-order valence-corrected chi connectivity index (χ0v) is 18.0. The molecular formula is C23H17N3O5S. The molecule has 8 nitrogen and oxygen atoms in total. The highest BCUT2D eigenvalue weighted by Crippen LogP contribution is 2.41. The van der Waals surface area contributed by atoms with Crippen LogP contribution in [0.3, 0.4) is 0 Å². The van der Waals surface area contributed by atoms with Gasteiger partial charge in [-0.05, 0) is 42.8 Å². The molecule has 0 spiro atoms. The van der Waals surface area contributed by atoms with Crippen LogP contribution in [0.5, 0.6) is 0 Å². The second kappa shape index (κ2) is 7.61. The number of amides is 2. The van der Waals surface area contributed by atoms with Gasteiger partial charge in [-0.15, -0.1) is 11.3 Å². The molecule has 32 heavy (non-hydrogen) atoms. The largest absolute Gasteiger partial charge is 0.465 e. The van der Waals surface area contributed by atoms with Crippen molar-refractivity contribution in [3.63, 3.8) is 0 Å². The van der Waals surface area contributed by atoms with Gasteiger partial charge in [0.1, 0.15) is 16.3 Å². The fraction of sp³-hybridized carbons (Fsp3) is 0.130. The van der Waals surface area contributed by atoms with Crippen molar-refractivity contribution in [2.45, 2.75) is 13.3 Å². The van der Waals surface area contributed by atoms with Crippen LogP contribution in [0.1, 0.15) is 32.0 Å². The minimum atomic E-state index is -0.580. The van der Waals surface area contributed by atoms with E-state index in [1.54, 1.807) is 25.1 Å². The van der Waals surface area contributed by atoms with Gasteiger partial charge in [0.2, 0.25) is 11.8 Å². The molecule has 5 rings (SSSR count). The first-order valence-electron chi connectivity index (χ1n) is 9.76. The molecule has 9 heteroatoms. The molecule has 0 saturated carbocycles. The molecule has 160 valence electrons. The van der Waals surface area contributed by atoms with Crippen molar-refractivity contribution in [1.29, 1.82) is 0 Å². The van der Waals surface area contributed by atoms with Gasteiger partial charge in [0.25, 0.3) is 5.91 Å². The Morgan fingerprint density at radius 3 is 2.81 bits per heavy atom. The first-order chi connectivity index (χ1) is 15.4. The van der Waals surface area contributed by atoms with E-state index < -0.39 is 11.9 Å². The van der Waals surface area contributed by atoms with Crippen LogP contribution in [0.15, 0.2) is 46.9 Å². The number of anilines is 2. The summed E-state index contributed by atoms with van der Waals surface area (Å²) in [7, 11) is 1.29. The number of nitrogens with one attached hydrogen (secondary N) is 2. The van der Waals surface area contributed by atoms with Crippen LogP contribution in [0.4, 0.5) is 11.6 Å². The summed E-state index contributed by atoms with van der Waals surface area (Å²) in [5.41, 5.74) is 3.18. The highest BCUT2D eigenvalue weighted by atomic mass is 32.1. The molecule has 1 aliphatic rings. The van der Waals surface area contributed by atoms with Crippen LogP contribution in [0.2, 0.25) is 0 Å². The number of carbonyl (C=O) groups excluding carboxylic acids is 3. The standard InChI is InChI=1S/C23H17N3O5S/c1-11-18(23(29)30-2)19(22-25-15-5-3-4-6-16(15)32-22)21(31-11)26-20(28)12-7-8-14-13(9-12)10-17(27)24-14/h3-9H,10H2,1-2H3,(H,24,27)(H,26,28). The van der Waals surface area contributed by atoms with Crippen molar-refractivity contribution in [1.82, 2.24) is 4.98 Å². The van der Waals surface area contributed by atoms with Gasteiger partial charge in [-0.3, -0.25) is 14.9 Å². The Kier molecular flexibility index (Phi) is 4.75. The maximum absolute atomic E-state index is 13.0. The summed E-state index contributed by atoms with van der Waals surface area (Å²) in [4.78, 5) is 41.7. The molecule has 3 heterocycles. The number of thiazole rings is 1. The number of benzene rings is 2. The number of hydrogen-bond donors (Lipinski definition) is 2. The quantitative estimate of drug-likeness (QED) is 0.449. The predicted molar refractivity (Wildman–Crippen MR) is 120 cm³/mol. The van der Waals surface area contributed by atoms with Crippen molar-refractivity contribution in [3.8, 4) is 10.6 Å². The molecule has 2 amide bonds. The topological polar surface area (TPSA) is 111 Å². The number of esters is 1. The van der Waals surface area contributed by atoms with Gasteiger partial charge in [-0.25, -0.2) is 9.78 Å². The smallest absolute Gasteiger partial charge is 0.342 e. The number of para-hydroxylation sites is 1. The van der Waals surface area contributed by atoms with Gasteiger partial charge in [0.05, 0.1) is 29.3 Å². The summed E-state index contributed by atoms with van der Waals surface area (Å²) in [6.07, 6.45) is 0.222. The molecular weight excluding hydrogens is 430 g/mol. The predicted octanol–water partition coefficient (Wildman–Crippen LogP) is 4.40. The van der Waals surface area contributed by atoms with E-state index in [1.165, 1.54) is 18.4 Å². The Balaban J connectivity index is 1.57. The molecule has 0 saturated heterocycles. The summed E-state index contributed by atoms with van der Waals surface area (Å²) in [5.74, 6) is -0.699. The van der Waals surface area contributed by atoms with E-state index in [0.717, 1.165) is 15.8 Å². The lowest BCUT2D eigenvalue weighted by Gasteiger charge is -2.06. The summed E-state index contributed by atoms with van der Waals surface area (Å²) in [6, 6.07) is 12.6. The number of aryl methyl sites for hydroxylation is 1. The summed E-state index contributed by atoms with van der Waals surface area (Å²) < 4.78 is 11.7. The van der Waals surface area contributed by atoms with E-state index in [-0.39, 0.29) is 23.8 Å². The van der Waals surface area contributed by atoms with E-state index in [4.69, 9.17) is 9.15 Å². The number of rotatable bonds is 4. The Hall–Kier alpha value is -3.98. The number of ether oxygens (including phenoxy) is 1. The Morgan fingerprint density at radius 2 is 2.03 bits per heavy atom. The zero-order valence-electron chi connectivity index (χ0n) is 17.1. The average Bonchev–Trinajstić information content (AvgIpc) is 3.45. The lowest BCUT2D eigenvalue weighted by Crippen LogP contribution is -2.12. The molecule has 0 aliphatic carbocycles. The zero-order chi connectivity index (χ0) is 22.4. The SMILES string of the molecule is COC(=O)c1c(C)oc(NC(=O)c2ccc3c(c2)CC(=O)N3)c1-c1nc2ccccc2s1. The third kappa shape index (κ3) is 3.32. The number of methoxy groups -OCH3 is 1. The molecule has 0 bridgehead atoms. The Morgan fingerprint density at radius 1 is 1.22 bits per heavy atom. The molecule has 2 N–H and O–H groups in total. The number of carbonyl (C=O) groups is 3. The van der Waals surface area contributed by atoms with Crippen LogP contribution in [-0.2, 0) is 16.0 Å². The molecule has 1 aliphatic heterocycles. The summed E-state index contributed by atoms with van der Waals surface area (Å²) in [6.45, 7) is 1.63. The van der Waals surface area contributed by atoms with Gasteiger partial charge >= 0.3 is 5.97 Å². The van der Waals surface area contributed by atoms with Crippen molar-refractivity contribution in [2.75, 3.05) is 17.7 Å². The number of furan rings is 1. The van der Waals surface area contributed by atoms with Gasteiger partial charge in [0.15, 0.2) is 0 Å². The van der Waals surface area contributed by atoms with Gasteiger partial charge in [-0.1, -0.05) is 12.1 Å². The van der Waals surface area contributed by atoms with Crippen LogP contribution < -0.4 is 10.6 Å². The van der Waals surface area contributed by atoms with Crippen LogP contribution in [-0.4, -0.2) is 29.9 Å². The van der Waals surface area contributed by atoms with E-state index >= 15 is 0 Å². The van der Waals surface area contributed by atoms with Crippen molar-refractivity contribution >= 4 is 50.9 Å².